The number of para-hydroxylation sites is 2. The number of alkyl halides is 6. The second-order valence-corrected chi connectivity index (χ2v) is 11.4. The Balaban J connectivity index is 1.41. The number of anilines is 3. The van der Waals surface area contributed by atoms with Crippen LogP contribution in [0.1, 0.15) is 63.9 Å². The Morgan fingerprint density at radius 3 is 1.91 bits per heavy atom. The quantitative estimate of drug-likeness (QED) is 0.262. The minimum absolute atomic E-state index is 0.0272. The molecule has 7 nitrogen and oxygen atoms in total. The van der Waals surface area contributed by atoms with Crippen molar-refractivity contribution >= 4 is 28.9 Å². The van der Waals surface area contributed by atoms with Crippen molar-refractivity contribution in [1.82, 2.24) is 5.32 Å². The summed E-state index contributed by atoms with van der Waals surface area (Å²) in [5.74, 6) is -0.802. The van der Waals surface area contributed by atoms with E-state index in [1.54, 1.807) is 13.2 Å². The van der Waals surface area contributed by atoms with Crippen LogP contribution < -0.4 is 25.2 Å². The lowest BCUT2D eigenvalue weighted by Gasteiger charge is -2.38. The van der Waals surface area contributed by atoms with E-state index in [1.165, 1.54) is 12.1 Å². The number of hydrogen-bond acceptors (Lipinski definition) is 5. The van der Waals surface area contributed by atoms with Crippen LogP contribution in [0.15, 0.2) is 60.7 Å². The van der Waals surface area contributed by atoms with Gasteiger partial charge in [-0.05, 0) is 61.4 Å². The highest BCUT2D eigenvalue weighted by Gasteiger charge is 2.37. The number of carbonyl (C=O) groups is 2. The number of hydrogen-bond donors (Lipinski definition) is 2. The van der Waals surface area contributed by atoms with Crippen LogP contribution in [-0.2, 0) is 12.4 Å². The average molecular weight is 649 g/mol. The second kappa shape index (κ2) is 13.5. The summed E-state index contributed by atoms with van der Waals surface area (Å²) in [6, 6.07) is 12.9. The number of amides is 2. The summed E-state index contributed by atoms with van der Waals surface area (Å²) in [7, 11) is 1.61. The molecule has 1 aliphatic heterocycles. The first-order valence-corrected chi connectivity index (χ1v) is 15.0. The molecule has 1 saturated carbocycles. The van der Waals surface area contributed by atoms with Gasteiger partial charge in [-0.25, -0.2) is 0 Å². The van der Waals surface area contributed by atoms with E-state index in [0.717, 1.165) is 43.5 Å². The third kappa shape index (κ3) is 7.68. The van der Waals surface area contributed by atoms with Gasteiger partial charge in [0.05, 0.1) is 29.5 Å². The number of nitrogens with one attached hydrogen (secondary N) is 2. The van der Waals surface area contributed by atoms with Gasteiger partial charge in [0, 0.05) is 49.2 Å². The molecule has 0 spiro atoms. The van der Waals surface area contributed by atoms with Crippen molar-refractivity contribution in [3.05, 3.63) is 82.9 Å². The van der Waals surface area contributed by atoms with Crippen molar-refractivity contribution in [2.24, 2.45) is 0 Å². The predicted molar refractivity (Wildman–Crippen MR) is 163 cm³/mol. The smallest absolute Gasteiger partial charge is 0.416 e. The Hall–Kier alpha value is -4.42. The maximum absolute atomic E-state index is 13.6. The van der Waals surface area contributed by atoms with Crippen LogP contribution in [0.4, 0.5) is 43.4 Å². The van der Waals surface area contributed by atoms with E-state index in [4.69, 9.17) is 4.74 Å². The van der Waals surface area contributed by atoms with Crippen molar-refractivity contribution in [2.45, 2.75) is 50.5 Å². The molecule has 0 atom stereocenters. The molecule has 0 bridgehead atoms. The molecule has 2 aliphatic rings. The standard InChI is InChI=1S/C33H34F6N4O3/c1-46-29-10-6-5-9-28(29)43-15-13-42(14-16-43)27-12-11-25(20-26(27)31(45)40-24-7-3-2-4-8-24)41-30(44)21-17-22(32(34,35)36)19-23(18-21)33(37,38)39/h5-6,9-12,17-20,24H,2-4,7-8,13-16H2,1H3,(H,40,45)(H,41,44). The van der Waals surface area contributed by atoms with Gasteiger partial charge in [0.2, 0.25) is 0 Å². The van der Waals surface area contributed by atoms with Crippen LogP contribution in [0.2, 0.25) is 0 Å². The van der Waals surface area contributed by atoms with Crippen LogP contribution in [0, 0.1) is 0 Å². The molecule has 2 amide bonds. The Kier molecular flexibility index (Phi) is 9.68. The van der Waals surface area contributed by atoms with E-state index < -0.39 is 35.0 Å². The minimum atomic E-state index is -5.10. The van der Waals surface area contributed by atoms with Gasteiger partial charge in [0.15, 0.2) is 0 Å². The topological polar surface area (TPSA) is 73.9 Å². The van der Waals surface area contributed by atoms with Crippen LogP contribution >= 0.6 is 0 Å². The van der Waals surface area contributed by atoms with Gasteiger partial charge >= 0.3 is 12.4 Å². The van der Waals surface area contributed by atoms with Gasteiger partial charge in [-0.1, -0.05) is 31.4 Å². The van der Waals surface area contributed by atoms with E-state index in [2.05, 4.69) is 15.5 Å². The number of methoxy groups -OCH3 is 1. The first kappa shape index (κ1) is 33.0. The number of benzene rings is 3. The molecular formula is C33H34F6N4O3. The van der Waals surface area contributed by atoms with Gasteiger partial charge < -0.3 is 25.2 Å². The number of halogens is 6. The fourth-order valence-corrected chi connectivity index (χ4v) is 5.95. The highest BCUT2D eigenvalue weighted by molar-refractivity contribution is 6.06. The zero-order chi connectivity index (χ0) is 33.1. The van der Waals surface area contributed by atoms with E-state index in [1.807, 2.05) is 29.2 Å². The third-order valence-corrected chi connectivity index (χ3v) is 8.34. The van der Waals surface area contributed by atoms with Gasteiger partial charge in [-0.15, -0.1) is 0 Å². The molecule has 246 valence electrons. The number of nitrogens with zero attached hydrogens (tertiary/aromatic N) is 2. The first-order valence-electron chi connectivity index (χ1n) is 15.0. The molecule has 0 unspecified atom stereocenters. The number of carbonyl (C=O) groups excluding carboxylic acids is 2. The molecule has 0 radical (unpaired) electrons. The highest BCUT2D eigenvalue weighted by atomic mass is 19.4. The molecule has 3 aromatic carbocycles. The summed E-state index contributed by atoms with van der Waals surface area (Å²) in [6.07, 6.45) is -5.50. The Morgan fingerprint density at radius 1 is 0.739 bits per heavy atom. The number of ether oxygens (including phenoxy) is 1. The molecule has 0 aromatic heterocycles. The van der Waals surface area contributed by atoms with E-state index in [-0.39, 0.29) is 29.3 Å². The minimum Gasteiger partial charge on any atom is -0.495 e. The zero-order valence-corrected chi connectivity index (χ0v) is 25.1. The Morgan fingerprint density at radius 2 is 1.33 bits per heavy atom. The van der Waals surface area contributed by atoms with Crippen molar-refractivity contribution in [2.75, 3.05) is 48.4 Å². The van der Waals surface area contributed by atoms with Crippen molar-refractivity contribution in [3.8, 4) is 5.75 Å². The Bertz CT molecular complexity index is 1530. The fraction of sp³-hybridized carbons (Fsp3) is 0.394. The monoisotopic (exact) mass is 648 g/mol. The molecule has 13 heteroatoms. The SMILES string of the molecule is COc1ccccc1N1CCN(c2ccc(NC(=O)c3cc(C(F)(F)F)cc(C(F)(F)F)c3)cc2C(=O)NC2CCCCC2)CC1. The summed E-state index contributed by atoms with van der Waals surface area (Å²) in [4.78, 5) is 30.9. The molecular weight excluding hydrogens is 614 g/mol. The number of rotatable bonds is 7. The molecule has 3 aromatic rings. The van der Waals surface area contributed by atoms with E-state index in [9.17, 15) is 35.9 Å². The third-order valence-electron chi connectivity index (χ3n) is 8.34. The van der Waals surface area contributed by atoms with Gasteiger partial charge in [-0.2, -0.15) is 26.3 Å². The largest absolute Gasteiger partial charge is 0.495 e. The van der Waals surface area contributed by atoms with E-state index >= 15 is 0 Å². The molecule has 2 fully saturated rings. The molecule has 1 aliphatic carbocycles. The van der Waals surface area contributed by atoms with Crippen molar-refractivity contribution in [3.63, 3.8) is 0 Å². The lowest BCUT2D eigenvalue weighted by molar-refractivity contribution is -0.143. The normalized spacial score (nSPS) is 16.2. The molecule has 1 heterocycles. The van der Waals surface area contributed by atoms with Crippen LogP contribution in [0.5, 0.6) is 5.75 Å². The molecule has 1 saturated heterocycles. The fourth-order valence-electron chi connectivity index (χ4n) is 5.95. The van der Waals surface area contributed by atoms with Crippen molar-refractivity contribution in [1.29, 1.82) is 0 Å². The lowest BCUT2D eigenvalue weighted by atomic mass is 9.95. The predicted octanol–water partition coefficient (Wildman–Crippen LogP) is 7.37. The summed E-state index contributed by atoms with van der Waals surface area (Å²) in [5.41, 5.74) is -2.15. The maximum atomic E-state index is 13.6. The first-order chi connectivity index (χ1) is 21.8. The van der Waals surface area contributed by atoms with Gasteiger partial charge in [-0.3, -0.25) is 9.59 Å². The van der Waals surface area contributed by atoms with Gasteiger partial charge in [0.1, 0.15) is 5.75 Å². The van der Waals surface area contributed by atoms with Crippen LogP contribution in [0.25, 0.3) is 0 Å². The van der Waals surface area contributed by atoms with Crippen LogP contribution in [0.3, 0.4) is 0 Å². The lowest BCUT2D eigenvalue weighted by Crippen LogP contribution is -2.47. The summed E-state index contributed by atoms with van der Waals surface area (Å²) >= 11 is 0. The van der Waals surface area contributed by atoms with Crippen LogP contribution in [-0.4, -0.2) is 51.1 Å². The summed E-state index contributed by atoms with van der Waals surface area (Å²) in [5, 5.41) is 5.46. The maximum Gasteiger partial charge on any atom is 0.416 e. The summed E-state index contributed by atoms with van der Waals surface area (Å²) in [6.45, 7) is 2.36. The highest BCUT2D eigenvalue weighted by Crippen LogP contribution is 2.37. The number of piperazine rings is 1. The molecule has 5 rings (SSSR count). The average Bonchev–Trinajstić information content (AvgIpc) is 3.04. The molecule has 46 heavy (non-hydrogen) atoms. The zero-order valence-electron chi connectivity index (χ0n) is 25.1. The Labute approximate surface area is 262 Å². The van der Waals surface area contributed by atoms with Gasteiger partial charge in [0.25, 0.3) is 11.8 Å². The second-order valence-electron chi connectivity index (χ2n) is 11.4. The van der Waals surface area contributed by atoms with E-state index in [0.29, 0.717) is 44.0 Å². The molecule has 2 N–H and O–H groups in total. The summed E-state index contributed by atoms with van der Waals surface area (Å²) < 4.78 is 85.8. The van der Waals surface area contributed by atoms with Crippen molar-refractivity contribution < 1.29 is 40.7 Å².